The Balaban J connectivity index is 3.66. The number of rotatable bonds is 24. The van der Waals surface area contributed by atoms with Crippen molar-refractivity contribution in [3.63, 3.8) is 0 Å². The zero-order chi connectivity index (χ0) is 24.1. The smallest absolute Gasteiger partial charge is 0.111 e. The van der Waals surface area contributed by atoms with E-state index in [1.807, 2.05) is 6.92 Å². The van der Waals surface area contributed by atoms with Crippen molar-refractivity contribution >= 4 is 5.97 Å². The van der Waals surface area contributed by atoms with E-state index in [-0.39, 0.29) is 6.42 Å². The van der Waals surface area contributed by atoms with Crippen molar-refractivity contribution in [1.29, 1.82) is 0 Å². The maximum atomic E-state index is 10.9. The number of aliphatic carboxylic acids is 1. The molecule has 0 aliphatic heterocycles. The first-order chi connectivity index (χ1) is 15.2. The summed E-state index contributed by atoms with van der Waals surface area (Å²) in [4.78, 5) is 10.4. The van der Waals surface area contributed by atoms with Gasteiger partial charge in [-0.25, -0.2) is 0 Å². The summed E-state index contributed by atoms with van der Waals surface area (Å²) in [6.07, 6.45) is 23.7. The number of nitrogens with zero attached hydrogens (tertiary/aromatic N) is 1. The molecule has 1 unspecified atom stereocenters. The average Bonchev–Trinajstić information content (AvgIpc) is 2.69. The van der Waals surface area contributed by atoms with Gasteiger partial charge in [-0.1, -0.05) is 103 Å². The van der Waals surface area contributed by atoms with Crippen molar-refractivity contribution in [2.24, 2.45) is 0 Å². The van der Waals surface area contributed by atoms with Crippen LogP contribution in [0.2, 0.25) is 0 Å². The van der Waals surface area contributed by atoms with Crippen molar-refractivity contribution in [3.8, 4) is 0 Å². The minimum atomic E-state index is -0.931. The van der Waals surface area contributed by atoms with Crippen LogP contribution in [0, 0.1) is 0 Å². The summed E-state index contributed by atoms with van der Waals surface area (Å²) >= 11 is 0. The number of unbranched alkanes of at least 4 members (excludes halogenated alkanes) is 16. The highest BCUT2D eigenvalue weighted by atomic mass is 16.4. The predicted octanol–water partition coefficient (Wildman–Crippen LogP) is 6.39. The van der Waals surface area contributed by atoms with E-state index < -0.39 is 11.6 Å². The average molecular weight is 456 g/mol. The van der Waals surface area contributed by atoms with Gasteiger partial charge in [0, 0.05) is 5.97 Å². The molecule has 1 N–H and O–H groups in total. The van der Waals surface area contributed by atoms with E-state index in [0.29, 0.717) is 0 Å². The van der Waals surface area contributed by atoms with Crippen LogP contribution in [0.15, 0.2) is 0 Å². The van der Waals surface area contributed by atoms with Crippen molar-refractivity contribution < 1.29 is 19.5 Å². The fourth-order valence-electron chi connectivity index (χ4n) is 4.94. The Labute approximate surface area is 200 Å². The fourth-order valence-corrected chi connectivity index (χ4v) is 4.94. The lowest BCUT2D eigenvalue weighted by molar-refractivity contribution is -0.896. The lowest BCUT2D eigenvalue weighted by atomic mass is 9.96. The molecule has 0 amide bonds. The number of carboxylic acid groups (broad SMARTS) is 1. The quantitative estimate of drug-likeness (QED) is 0.136. The Morgan fingerprint density at radius 2 is 1.12 bits per heavy atom. The predicted molar refractivity (Wildman–Crippen MR) is 135 cm³/mol. The summed E-state index contributed by atoms with van der Waals surface area (Å²) in [5, 5.41) is 21.3. The number of carboxylic acids is 1. The highest BCUT2D eigenvalue weighted by molar-refractivity contribution is 5.63. The largest absolute Gasteiger partial charge is 0.550 e. The number of carbonyl (C=O) groups is 1. The minimum absolute atomic E-state index is 0.193. The summed E-state index contributed by atoms with van der Waals surface area (Å²) in [7, 11) is 4.47. The van der Waals surface area contributed by atoms with Gasteiger partial charge in [0.05, 0.1) is 20.6 Å². The molecule has 0 spiro atoms. The molecule has 0 rings (SSSR count). The number of likely N-dealkylation sites (N-methyl/N-ethyl adjacent to an activating group) is 1. The molecule has 0 aromatic rings. The normalized spacial score (nSPS) is 13.9. The van der Waals surface area contributed by atoms with Gasteiger partial charge >= 0.3 is 0 Å². The fraction of sp³-hybridized carbons (Fsp3) is 0.964. The summed E-state index contributed by atoms with van der Waals surface area (Å²) in [6.45, 7) is 6.20. The van der Waals surface area contributed by atoms with E-state index in [4.69, 9.17) is 0 Å². The molecule has 0 radical (unpaired) electrons. The molecular weight excluding hydrogens is 398 g/mol. The van der Waals surface area contributed by atoms with E-state index in [1.54, 1.807) is 0 Å². The van der Waals surface area contributed by atoms with Gasteiger partial charge in [0.2, 0.25) is 0 Å². The van der Waals surface area contributed by atoms with E-state index >= 15 is 0 Å². The molecule has 4 nitrogen and oxygen atoms in total. The first-order valence-electron chi connectivity index (χ1n) is 13.9. The van der Waals surface area contributed by atoms with Gasteiger partial charge in [0.25, 0.3) is 0 Å². The monoisotopic (exact) mass is 455 g/mol. The van der Waals surface area contributed by atoms with Gasteiger partial charge in [0.1, 0.15) is 12.1 Å². The molecule has 192 valence electrons. The molecule has 0 aromatic heterocycles. The second-order valence-corrected chi connectivity index (χ2v) is 11.2. The molecule has 0 aliphatic carbocycles. The maximum Gasteiger partial charge on any atom is 0.111 e. The van der Waals surface area contributed by atoms with Crippen LogP contribution in [-0.2, 0) is 4.79 Å². The van der Waals surface area contributed by atoms with Crippen LogP contribution in [0.5, 0.6) is 0 Å². The topological polar surface area (TPSA) is 60.4 Å². The van der Waals surface area contributed by atoms with Crippen LogP contribution >= 0.6 is 0 Å². The molecule has 0 saturated carbocycles. The first-order valence-corrected chi connectivity index (χ1v) is 13.9. The van der Waals surface area contributed by atoms with Gasteiger partial charge < -0.3 is 19.5 Å². The zero-order valence-electron chi connectivity index (χ0n) is 22.3. The van der Waals surface area contributed by atoms with Crippen LogP contribution < -0.4 is 5.11 Å². The molecule has 32 heavy (non-hydrogen) atoms. The van der Waals surface area contributed by atoms with Gasteiger partial charge in [0.15, 0.2) is 0 Å². The number of hydrogen-bond donors (Lipinski definition) is 1. The van der Waals surface area contributed by atoms with Gasteiger partial charge in [-0.15, -0.1) is 0 Å². The Hall–Kier alpha value is -0.610. The molecule has 1 atom stereocenters. The molecule has 0 aromatic carbocycles. The zero-order valence-corrected chi connectivity index (χ0v) is 22.3. The van der Waals surface area contributed by atoms with Crippen LogP contribution in [-0.4, -0.2) is 48.3 Å². The Morgan fingerprint density at radius 1 is 0.719 bits per heavy atom. The summed E-state index contributed by atoms with van der Waals surface area (Å²) in [5.41, 5.74) is -0.577. The molecule has 0 fully saturated rings. The standard InChI is InChI=1S/C28H57NO3/c1-5-6-7-8-9-10-11-12-13-15-18-21-24-28(2,32)26-29(3,4)25-22-19-16-14-17-20-23-27(30)31/h32H,5-26H2,1-4H3. The second kappa shape index (κ2) is 19.8. The first kappa shape index (κ1) is 31.4. The van der Waals surface area contributed by atoms with Gasteiger partial charge in [-0.3, -0.25) is 0 Å². The van der Waals surface area contributed by atoms with Crippen molar-refractivity contribution in [2.45, 2.75) is 148 Å². The van der Waals surface area contributed by atoms with E-state index in [0.717, 1.165) is 49.7 Å². The van der Waals surface area contributed by atoms with Crippen molar-refractivity contribution in [1.82, 2.24) is 0 Å². The molecule has 0 aliphatic rings. The third-order valence-corrected chi connectivity index (χ3v) is 6.73. The molecular formula is C28H57NO3. The van der Waals surface area contributed by atoms with Crippen molar-refractivity contribution in [2.75, 3.05) is 27.2 Å². The van der Waals surface area contributed by atoms with Crippen molar-refractivity contribution in [3.05, 3.63) is 0 Å². The highest BCUT2D eigenvalue weighted by Gasteiger charge is 2.29. The minimum Gasteiger partial charge on any atom is -0.550 e. The maximum absolute atomic E-state index is 10.9. The van der Waals surface area contributed by atoms with Crippen LogP contribution in [0.25, 0.3) is 0 Å². The third kappa shape index (κ3) is 22.6. The van der Waals surface area contributed by atoms with E-state index in [1.165, 1.54) is 89.9 Å². The summed E-state index contributed by atoms with van der Waals surface area (Å²) in [6, 6.07) is 0. The van der Waals surface area contributed by atoms with Crippen LogP contribution in [0.4, 0.5) is 0 Å². The van der Waals surface area contributed by atoms with E-state index in [2.05, 4.69) is 21.0 Å². The molecule has 0 heterocycles. The van der Waals surface area contributed by atoms with Gasteiger partial charge in [-0.05, 0) is 39.0 Å². The SMILES string of the molecule is CCCCCCCCCCCCCCC(C)(O)C[N+](C)(C)CCCCCCCCC(=O)[O-]. The number of quaternary nitrogens is 1. The van der Waals surface area contributed by atoms with Gasteiger partial charge in [-0.2, -0.15) is 0 Å². The second-order valence-electron chi connectivity index (χ2n) is 11.2. The molecule has 0 saturated heterocycles. The third-order valence-electron chi connectivity index (χ3n) is 6.73. The van der Waals surface area contributed by atoms with Crippen LogP contribution in [0.1, 0.15) is 142 Å². The molecule has 4 heteroatoms. The van der Waals surface area contributed by atoms with E-state index in [9.17, 15) is 15.0 Å². The Morgan fingerprint density at radius 3 is 1.59 bits per heavy atom. The Bertz CT molecular complexity index is 434. The van der Waals surface area contributed by atoms with Crippen LogP contribution in [0.3, 0.4) is 0 Å². The number of carbonyl (C=O) groups excluding carboxylic acids is 1. The summed E-state index contributed by atoms with van der Waals surface area (Å²) < 4.78 is 0.871. The lowest BCUT2D eigenvalue weighted by Gasteiger charge is -2.36. The summed E-state index contributed by atoms with van der Waals surface area (Å²) in [5.74, 6) is -0.931. The lowest BCUT2D eigenvalue weighted by Crippen LogP contribution is -2.50. The number of hydrogen-bond acceptors (Lipinski definition) is 3. The molecule has 0 bridgehead atoms. The Kier molecular flexibility index (Phi) is 19.4. The highest BCUT2D eigenvalue weighted by Crippen LogP contribution is 2.20. The number of aliphatic hydroxyl groups is 1.